The van der Waals surface area contributed by atoms with Crippen molar-refractivity contribution in [3.63, 3.8) is 0 Å². The van der Waals surface area contributed by atoms with Crippen molar-refractivity contribution in [3.05, 3.63) is 35.9 Å². The maximum Gasteiger partial charge on any atom is 0.338 e. The number of hydrogen-bond acceptors (Lipinski definition) is 7. The molecule has 0 aliphatic carbocycles. The fourth-order valence-electron chi connectivity index (χ4n) is 3.77. The van der Waals surface area contributed by atoms with Crippen molar-refractivity contribution in [3.8, 4) is 0 Å². The number of benzene rings is 1. The average molecular weight is 337 g/mol. The molecule has 2 saturated heterocycles. The number of rotatable bonds is 3. The van der Waals surface area contributed by atoms with Crippen LogP contribution in [0.2, 0.25) is 0 Å². The maximum absolute atomic E-state index is 12.3. The molecule has 0 aromatic heterocycles. The van der Waals surface area contributed by atoms with Crippen LogP contribution < -0.4 is 12.3 Å². The Kier molecular flexibility index (Phi) is 6.89. The summed E-state index contributed by atoms with van der Waals surface area (Å²) in [4.78, 5) is 26.7. The van der Waals surface area contributed by atoms with Gasteiger partial charge in [0.1, 0.15) is 12.0 Å². The van der Waals surface area contributed by atoms with Crippen LogP contribution in [0.3, 0.4) is 0 Å². The number of hydrogen-bond donors (Lipinski definition) is 2. The van der Waals surface area contributed by atoms with E-state index in [0.717, 1.165) is 12.8 Å². The number of ether oxygens (including phenoxy) is 2. The molecule has 7 heteroatoms. The summed E-state index contributed by atoms with van der Waals surface area (Å²) in [5, 5.41) is 0. The summed E-state index contributed by atoms with van der Waals surface area (Å²) in [5.74, 6) is -1.06. The van der Waals surface area contributed by atoms with Crippen molar-refractivity contribution >= 4 is 11.9 Å². The summed E-state index contributed by atoms with van der Waals surface area (Å²) in [7, 11) is 3.42. The molecule has 0 saturated carbocycles. The van der Waals surface area contributed by atoms with E-state index < -0.39 is 12.0 Å². The minimum absolute atomic E-state index is 0. The van der Waals surface area contributed by atoms with Crippen LogP contribution >= 0.6 is 0 Å². The van der Waals surface area contributed by atoms with Gasteiger partial charge in [-0.2, -0.15) is 0 Å². The Hall–Kier alpha value is -1.96. The van der Waals surface area contributed by atoms with E-state index in [9.17, 15) is 9.59 Å². The van der Waals surface area contributed by atoms with Crippen LogP contribution in [0.15, 0.2) is 30.3 Å². The Labute approximate surface area is 142 Å². The zero-order valence-electron chi connectivity index (χ0n) is 14.3. The van der Waals surface area contributed by atoms with Gasteiger partial charge in [-0.15, -0.1) is 0 Å². The van der Waals surface area contributed by atoms with Gasteiger partial charge in [0.25, 0.3) is 0 Å². The molecule has 1 aromatic rings. The minimum Gasteiger partial charge on any atom is -0.469 e. The highest BCUT2D eigenvalue weighted by Crippen LogP contribution is 2.40. The highest BCUT2D eigenvalue weighted by molar-refractivity contribution is 5.89. The van der Waals surface area contributed by atoms with Crippen LogP contribution in [0.4, 0.5) is 0 Å². The number of piperidine rings is 1. The topological polar surface area (TPSA) is 126 Å². The first-order chi connectivity index (χ1) is 10.6. The molecule has 0 unspecified atom stereocenters. The number of methoxy groups -OCH3 is 1. The van der Waals surface area contributed by atoms with Gasteiger partial charge in [0.05, 0.1) is 12.7 Å². The zero-order valence-corrected chi connectivity index (χ0v) is 14.3. The molecule has 2 bridgehead atoms. The maximum atomic E-state index is 12.3. The molecule has 7 nitrogen and oxygen atoms in total. The second-order valence-electron chi connectivity index (χ2n) is 6.06. The van der Waals surface area contributed by atoms with Gasteiger partial charge >= 0.3 is 11.9 Å². The third kappa shape index (κ3) is 3.58. The fraction of sp³-hybridized carbons (Fsp3) is 0.529. The molecule has 1 aromatic carbocycles. The van der Waals surface area contributed by atoms with Crippen molar-refractivity contribution < 1.29 is 19.1 Å². The van der Waals surface area contributed by atoms with Crippen LogP contribution in [-0.4, -0.2) is 49.2 Å². The molecule has 24 heavy (non-hydrogen) atoms. The largest absolute Gasteiger partial charge is 0.469 e. The molecular formula is C17H27N3O4. The van der Waals surface area contributed by atoms with Gasteiger partial charge in [-0.25, -0.2) is 4.79 Å². The monoisotopic (exact) mass is 337 g/mol. The molecule has 4 atom stereocenters. The van der Waals surface area contributed by atoms with Gasteiger partial charge in [-0.1, -0.05) is 18.2 Å². The highest BCUT2D eigenvalue weighted by atomic mass is 16.6. The summed E-state index contributed by atoms with van der Waals surface area (Å²) in [5.41, 5.74) is 0.511. The van der Waals surface area contributed by atoms with Crippen LogP contribution in [0.5, 0.6) is 0 Å². The molecule has 2 aliphatic heterocycles. The van der Waals surface area contributed by atoms with Gasteiger partial charge < -0.3 is 21.8 Å². The van der Waals surface area contributed by atoms with E-state index >= 15 is 0 Å². The van der Waals surface area contributed by atoms with E-state index in [1.807, 2.05) is 13.1 Å². The molecule has 6 N–H and O–H groups in total. The third-order valence-electron chi connectivity index (χ3n) is 4.96. The lowest BCUT2D eigenvalue weighted by atomic mass is 9.87. The molecule has 2 heterocycles. The minimum atomic E-state index is -0.408. The fourth-order valence-corrected chi connectivity index (χ4v) is 3.77. The molecule has 2 fully saturated rings. The van der Waals surface area contributed by atoms with Crippen LogP contribution in [-0.2, 0) is 14.3 Å². The summed E-state index contributed by atoms with van der Waals surface area (Å²) in [6.07, 6.45) is 2.26. The quantitative estimate of drug-likeness (QED) is 0.809. The Morgan fingerprint density at radius 1 is 1.12 bits per heavy atom. The summed E-state index contributed by atoms with van der Waals surface area (Å²) in [6, 6.07) is 9.36. The first-order valence-electron chi connectivity index (χ1n) is 7.67. The van der Waals surface area contributed by atoms with Crippen molar-refractivity contribution in [2.45, 2.75) is 37.5 Å². The molecule has 3 rings (SSSR count). The van der Waals surface area contributed by atoms with Gasteiger partial charge in [0.2, 0.25) is 0 Å². The lowest BCUT2D eigenvalue weighted by Gasteiger charge is -2.40. The first-order valence-corrected chi connectivity index (χ1v) is 7.67. The Bertz CT molecular complexity index is 566. The molecule has 0 amide bonds. The Morgan fingerprint density at radius 2 is 1.79 bits per heavy atom. The molecule has 0 radical (unpaired) electrons. The van der Waals surface area contributed by atoms with Crippen molar-refractivity contribution in [1.82, 2.24) is 17.2 Å². The normalized spacial score (nSPS) is 28.2. The van der Waals surface area contributed by atoms with E-state index in [2.05, 4.69) is 4.90 Å². The molecule has 0 spiro atoms. The van der Waals surface area contributed by atoms with E-state index in [0.29, 0.717) is 18.0 Å². The number of esters is 2. The smallest absolute Gasteiger partial charge is 0.338 e. The first kappa shape index (κ1) is 20.1. The van der Waals surface area contributed by atoms with Crippen LogP contribution in [0, 0.1) is 5.92 Å². The van der Waals surface area contributed by atoms with Gasteiger partial charge in [-0.3, -0.25) is 9.69 Å². The lowest BCUT2D eigenvalue weighted by Crippen LogP contribution is -2.53. The van der Waals surface area contributed by atoms with Gasteiger partial charge in [0.15, 0.2) is 0 Å². The number of carbonyl (C=O) groups is 2. The van der Waals surface area contributed by atoms with E-state index in [-0.39, 0.29) is 30.3 Å². The van der Waals surface area contributed by atoms with E-state index in [4.69, 9.17) is 9.47 Å². The van der Waals surface area contributed by atoms with E-state index in [1.165, 1.54) is 7.11 Å². The molecular weight excluding hydrogens is 310 g/mol. The second kappa shape index (κ2) is 8.23. The number of fused-ring (bicyclic) bond motifs is 2. The van der Waals surface area contributed by atoms with Crippen LogP contribution in [0.1, 0.15) is 29.6 Å². The standard InChI is InChI=1S/C17H21NO4.2H3N/c1-18-12-8-9-13(18)15(17(20)21-2)14(10-12)22-16(19)11-6-4-3-5-7-11;;/h3-7,12-15H,8-10H2,1-2H3;2*1H3/t12-,13+,14-,15+;;/m0../s1. The van der Waals surface area contributed by atoms with E-state index in [1.54, 1.807) is 24.3 Å². The van der Waals surface area contributed by atoms with Gasteiger partial charge in [0, 0.05) is 18.5 Å². The highest BCUT2D eigenvalue weighted by Gasteiger charge is 2.50. The molecule has 134 valence electrons. The predicted molar refractivity (Wildman–Crippen MR) is 90.4 cm³/mol. The third-order valence-corrected chi connectivity index (χ3v) is 4.96. The van der Waals surface area contributed by atoms with Crippen LogP contribution in [0.25, 0.3) is 0 Å². The number of carbonyl (C=O) groups excluding carboxylic acids is 2. The molecule has 2 aliphatic rings. The lowest BCUT2D eigenvalue weighted by molar-refractivity contribution is -0.156. The zero-order chi connectivity index (χ0) is 15.7. The van der Waals surface area contributed by atoms with Crippen molar-refractivity contribution in [1.29, 1.82) is 0 Å². The predicted octanol–water partition coefficient (Wildman–Crippen LogP) is 2.19. The van der Waals surface area contributed by atoms with Crippen molar-refractivity contribution in [2.24, 2.45) is 5.92 Å². The Balaban J connectivity index is 0.00000144. The van der Waals surface area contributed by atoms with Gasteiger partial charge in [-0.05, 0) is 32.0 Å². The SMILES string of the molecule is COC(=O)[C@H]1[C@@H](OC(=O)c2ccccc2)C[C@@H]2CC[C@H]1N2C.N.N. The number of nitrogens with zero attached hydrogens (tertiary/aromatic N) is 1. The summed E-state index contributed by atoms with van der Waals surface area (Å²) >= 11 is 0. The van der Waals surface area contributed by atoms with Crippen molar-refractivity contribution in [2.75, 3.05) is 14.2 Å². The Morgan fingerprint density at radius 3 is 2.42 bits per heavy atom. The average Bonchev–Trinajstić information content (AvgIpc) is 2.78. The summed E-state index contributed by atoms with van der Waals surface area (Å²) in [6.45, 7) is 0. The second-order valence-corrected chi connectivity index (χ2v) is 6.06. The summed E-state index contributed by atoms with van der Waals surface area (Å²) < 4.78 is 10.6.